The van der Waals surface area contributed by atoms with Crippen molar-refractivity contribution in [3.63, 3.8) is 0 Å². The molecule has 8 nitrogen and oxygen atoms in total. The number of aromatic nitrogens is 2. The zero-order chi connectivity index (χ0) is 28.5. The van der Waals surface area contributed by atoms with E-state index in [-0.39, 0.29) is 36.6 Å². The number of piperidine rings is 2. The lowest BCUT2D eigenvalue weighted by Crippen LogP contribution is -2.53. The number of nitrogens with zero attached hydrogens (tertiary/aromatic N) is 4. The predicted octanol–water partition coefficient (Wildman–Crippen LogP) is 4.46. The molecule has 1 aliphatic carbocycles. The fraction of sp³-hybridized carbons (Fsp3) is 0.484. The lowest BCUT2D eigenvalue weighted by Gasteiger charge is -2.46. The number of hydrogen-bond donors (Lipinski definition) is 1. The molecule has 1 N–H and O–H groups in total. The van der Waals surface area contributed by atoms with Crippen molar-refractivity contribution in [2.24, 2.45) is 5.41 Å². The van der Waals surface area contributed by atoms with Crippen LogP contribution in [-0.4, -0.2) is 64.0 Å². The molecule has 1 saturated carbocycles. The average molecular weight is 562 g/mol. The van der Waals surface area contributed by atoms with Crippen LogP contribution in [0.2, 0.25) is 0 Å². The molecule has 3 amide bonds. The van der Waals surface area contributed by atoms with E-state index in [1.807, 2.05) is 29.2 Å². The number of halogens is 2. The smallest absolute Gasteiger partial charge is 0.282 e. The van der Waals surface area contributed by atoms with Crippen LogP contribution in [0.5, 0.6) is 0 Å². The second kappa shape index (κ2) is 9.44. The normalized spacial score (nSPS) is 25.4. The fourth-order valence-corrected chi connectivity index (χ4v) is 7.26. The van der Waals surface area contributed by atoms with Gasteiger partial charge >= 0.3 is 0 Å². The Hall–Kier alpha value is -3.66. The highest BCUT2D eigenvalue weighted by atomic mass is 19.3. The van der Waals surface area contributed by atoms with Crippen LogP contribution in [0.1, 0.15) is 73.0 Å². The summed E-state index contributed by atoms with van der Waals surface area (Å²) in [4.78, 5) is 41.1. The first-order chi connectivity index (χ1) is 19.6. The highest BCUT2D eigenvalue weighted by molar-refractivity contribution is 6.27. The van der Waals surface area contributed by atoms with Crippen molar-refractivity contribution in [3.05, 3.63) is 59.4 Å². The topological polar surface area (TPSA) is 87.5 Å². The van der Waals surface area contributed by atoms with Crippen LogP contribution in [0.15, 0.2) is 42.7 Å². The van der Waals surface area contributed by atoms with Crippen molar-refractivity contribution < 1.29 is 23.2 Å². The molecule has 1 unspecified atom stereocenters. The Balaban J connectivity index is 1.12. The van der Waals surface area contributed by atoms with Crippen molar-refractivity contribution in [1.82, 2.24) is 20.0 Å². The molecule has 1 aromatic heterocycles. The molecular formula is C31H33F2N5O3. The summed E-state index contributed by atoms with van der Waals surface area (Å²) in [6.45, 7) is 3.32. The van der Waals surface area contributed by atoms with E-state index in [1.54, 1.807) is 18.5 Å². The number of nitrogens with one attached hydrogen (secondary N) is 1. The van der Waals surface area contributed by atoms with Gasteiger partial charge < -0.3 is 0 Å². The molecule has 3 aliphatic heterocycles. The van der Waals surface area contributed by atoms with E-state index < -0.39 is 23.9 Å². The largest absolute Gasteiger partial charge is 0.297 e. The van der Waals surface area contributed by atoms with Crippen molar-refractivity contribution in [3.8, 4) is 0 Å². The molecule has 41 heavy (non-hydrogen) atoms. The molecule has 0 spiro atoms. The lowest BCUT2D eigenvalue weighted by molar-refractivity contribution is -0.134. The van der Waals surface area contributed by atoms with Gasteiger partial charge in [-0.25, -0.2) is 8.78 Å². The second-order valence-electron chi connectivity index (χ2n) is 12.6. The van der Waals surface area contributed by atoms with Gasteiger partial charge in [0.25, 0.3) is 11.8 Å². The zero-order valence-electron chi connectivity index (χ0n) is 23.0. The number of alkyl halides is 2. The molecule has 3 aromatic rings. The number of likely N-dealkylation sites (tertiary alicyclic amines) is 1. The summed E-state index contributed by atoms with van der Waals surface area (Å²) in [5.41, 5.74) is 3.10. The number of hydrogen-bond acceptors (Lipinski definition) is 5. The maximum atomic E-state index is 15.3. The molecule has 4 heterocycles. The van der Waals surface area contributed by atoms with E-state index in [0.717, 1.165) is 41.3 Å². The summed E-state index contributed by atoms with van der Waals surface area (Å²) in [7, 11) is 0. The standard InChI is InChI=1S/C31H33F2N5O3/c1-30(11-3-12-30)17-36-13-10-25(31(32,33)18-36)37-16-19(15-34-37)14-20-6-7-23-27-21(20)4-2-5-22(27)29(41)38(23)24-8-9-26(39)35-28(24)40/h2,4-7,15-16,24-25H,3,8-14,17-18H2,1H3,(H,35,39,40)/t24?,25-/m0/s1. The van der Waals surface area contributed by atoms with Gasteiger partial charge in [-0.05, 0) is 59.7 Å². The van der Waals surface area contributed by atoms with E-state index >= 15 is 8.78 Å². The molecule has 2 atom stereocenters. The Labute approximate surface area is 236 Å². The Morgan fingerprint density at radius 1 is 1.10 bits per heavy atom. The summed E-state index contributed by atoms with van der Waals surface area (Å²) in [6.07, 6.45) is 8.07. The Kier molecular flexibility index (Phi) is 6.04. The van der Waals surface area contributed by atoms with E-state index in [0.29, 0.717) is 30.6 Å². The van der Waals surface area contributed by atoms with Crippen molar-refractivity contribution in [1.29, 1.82) is 0 Å². The van der Waals surface area contributed by atoms with E-state index in [4.69, 9.17) is 0 Å². The van der Waals surface area contributed by atoms with E-state index in [1.165, 1.54) is 16.0 Å². The van der Waals surface area contributed by atoms with Crippen molar-refractivity contribution >= 4 is 34.2 Å². The van der Waals surface area contributed by atoms with E-state index in [2.05, 4.69) is 17.3 Å². The van der Waals surface area contributed by atoms with Crippen LogP contribution >= 0.6 is 0 Å². The van der Waals surface area contributed by atoms with Crippen LogP contribution in [0, 0.1) is 5.41 Å². The van der Waals surface area contributed by atoms with E-state index in [9.17, 15) is 14.4 Å². The predicted molar refractivity (Wildman–Crippen MR) is 149 cm³/mol. The SMILES string of the molecule is CC1(CN2CC[C@H](n3cc(Cc4ccc5c6c(cccc46)C(=O)N5C4CCC(=O)NC4=O)cn3)C(F)(F)C2)CCC1. The average Bonchev–Trinajstić information content (AvgIpc) is 3.47. The Morgan fingerprint density at radius 3 is 2.66 bits per heavy atom. The number of rotatable bonds is 6. The van der Waals surface area contributed by atoms with Gasteiger partial charge in [-0.1, -0.05) is 31.5 Å². The molecule has 214 valence electrons. The van der Waals surface area contributed by atoms with Gasteiger partial charge in [-0.2, -0.15) is 5.10 Å². The van der Waals surface area contributed by atoms with Gasteiger partial charge in [-0.3, -0.25) is 34.2 Å². The van der Waals surface area contributed by atoms with Crippen LogP contribution in [0.4, 0.5) is 14.5 Å². The first-order valence-electron chi connectivity index (χ1n) is 14.5. The number of carbonyl (C=O) groups is 3. The number of imide groups is 1. The number of anilines is 1. The number of amides is 3. The highest BCUT2D eigenvalue weighted by Crippen LogP contribution is 2.44. The van der Waals surface area contributed by atoms with Crippen LogP contribution in [-0.2, 0) is 16.0 Å². The van der Waals surface area contributed by atoms with Gasteiger partial charge in [0.2, 0.25) is 11.8 Å². The Morgan fingerprint density at radius 2 is 1.93 bits per heavy atom. The number of carbonyl (C=O) groups excluding carboxylic acids is 3. The second-order valence-corrected chi connectivity index (χ2v) is 12.6. The molecular weight excluding hydrogens is 528 g/mol. The minimum atomic E-state index is -2.87. The van der Waals surface area contributed by atoms with Gasteiger partial charge in [0.05, 0.1) is 18.4 Å². The molecule has 7 rings (SSSR count). The lowest BCUT2D eigenvalue weighted by atomic mass is 9.70. The monoisotopic (exact) mass is 561 g/mol. The first-order valence-corrected chi connectivity index (χ1v) is 14.5. The van der Waals surface area contributed by atoms with Crippen LogP contribution in [0.3, 0.4) is 0 Å². The third-order valence-corrected chi connectivity index (χ3v) is 9.52. The minimum absolute atomic E-state index is 0.172. The Bertz CT molecular complexity index is 1580. The third kappa shape index (κ3) is 4.43. The molecule has 2 saturated heterocycles. The zero-order valence-corrected chi connectivity index (χ0v) is 23.0. The maximum Gasteiger partial charge on any atom is 0.282 e. The summed E-state index contributed by atoms with van der Waals surface area (Å²) in [5.74, 6) is -3.93. The molecule has 0 bridgehead atoms. The summed E-state index contributed by atoms with van der Waals surface area (Å²) in [6, 6.07) is 7.55. The minimum Gasteiger partial charge on any atom is -0.297 e. The van der Waals surface area contributed by atoms with Gasteiger partial charge in [-0.15, -0.1) is 0 Å². The molecule has 0 radical (unpaired) electrons. The van der Waals surface area contributed by atoms with Crippen LogP contribution < -0.4 is 10.2 Å². The summed E-state index contributed by atoms with van der Waals surface area (Å²) >= 11 is 0. The van der Waals surface area contributed by atoms with Gasteiger partial charge in [0.1, 0.15) is 12.1 Å². The first kappa shape index (κ1) is 26.3. The maximum absolute atomic E-state index is 15.3. The summed E-state index contributed by atoms with van der Waals surface area (Å²) in [5, 5.41) is 8.36. The van der Waals surface area contributed by atoms with Gasteiger partial charge in [0, 0.05) is 43.1 Å². The summed E-state index contributed by atoms with van der Waals surface area (Å²) < 4.78 is 32.1. The number of benzene rings is 2. The molecule has 3 fully saturated rings. The van der Waals surface area contributed by atoms with Crippen molar-refractivity contribution in [2.45, 2.75) is 69.9 Å². The fourth-order valence-electron chi connectivity index (χ4n) is 7.26. The third-order valence-electron chi connectivity index (χ3n) is 9.52. The quantitative estimate of drug-likeness (QED) is 0.449. The van der Waals surface area contributed by atoms with Crippen molar-refractivity contribution in [2.75, 3.05) is 24.5 Å². The highest BCUT2D eigenvalue weighted by Gasteiger charge is 2.48. The molecule has 2 aromatic carbocycles. The molecule has 10 heteroatoms. The van der Waals surface area contributed by atoms with Gasteiger partial charge in [0.15, 0.2) is 0 Å². The van der Waals surface area contributed by atoms with Crippen LogP contribution in [0.25, 0.3) is 10.8 Å². The molecule has 4 aliphatic rings.